The average molecular weight is 339 g/mol. The van der Waals surface area contributed by atoms with Crippen LogP contribution in [0.5, 0.6) is 5.75 Å². The first kappa shape index (κ1) is 16.3. The molecule has 0 aliphatic rings. The number of aromatic nitrogens is 3. The number of hydrogen-bond donors (Lipinski definition) is 0. The molecule has 0 bridgehead atoms. The lowest BCUT2D eigenvalue weighted by molar-refractivity contribution is -0.150. The highest BCUT2D eigenvalue weighted by Gasteiger charge is 2.09. The van der Waals surface area contributed by atoms with Crippen LogP contribution in [0.25, 0.3) is 10.9 Å². The average Bonchev–Trinajstić information content (AvgIpc) is 2.66. The Bertz CT molecular complexity index is 966. The Morgan fingerprint density at radius 3 is 2.64 bits per heavy atom. The van der Waals surface area contributed by atoms with Crippen molar-refractivity contribution in [2.45, 2.75) is 6.73 Å². The van der Waals surface area contributed by atoms with Gasteiger partial charge in [-0.2, -0.15) is 4.68 Å². The molecule has 0 N–H and O–H groups in total. The Balaban J connectivity index is 1.57. The number of nitrogens with zero attached hydrogens (tertiary/aromatic N) is 3. The normalized spacial score (nSPS) is 10.4. The number of rotatable bonds is 6. The minimum absolute atomic E-state index is 0.337. The highest BCUT2D eigenvalue weighted by molar-refractivity contribution is 5.76. The van der Waals surface area contributed by atoms with Crippen LogP contribution in [0.15, 0.2) is 53.3 Å². The lowest BCUT2D eigenvalue weighted by atomic mass is 10.2. The van der Waals surface area contributed by atoms with Crippen LogP contribution in [0.2, 0.25) is 0 Å². The zero-order chi connectivity index (χ0) is 17.6. The van der Waals surface area contributed by atoms with Crippen molar-refractivity contribution >= 4 is 23.2 Å². The highest BCUT2D eigenvalue weighted by atomic mass is 16.6. The van der Waals surface area contributed by atoms with Crippen LogP contribution < -0.4 is 10.3 Å². The molecule has 0 amide bonds. The Morgan fingerprint density at radius 2 is 1.88 bits per heavy atom. The maximum atomic E-state index is 12.2. The molecule has 0 radical (unpaired) electrons. The summed E-state index contributed by atoms with van der Waals surface area (Å²) in [6, 6.07) is 13.0. The van der Waals surface area contributed by atoms with E-state index >= 15 is 0 Å². The van der Waals surface area contributed by atoms with Gasteiger partial charge in [0.25, 0.3) is 5.56 Å². The number of carbonyl (C=O) groups excluding carboxylic acids is 2. The summed E-state index contributed by atoms with van der Waals surface area (Å²) in [6.45, 7) is -0.695. The molecule has 8 heteroatoms. The van der Waals surface area contributed by atoms with Crippen molar-refractivity contribution in [3.8, 4) is 5.75 Å². The van der Waals surface area contributed by atoms with Gasteiger partial charge < -0.3 is 9.47 Å². The van der Waals surface area contributed by atoms with Crippen molar-refractivity contribution in [1.29, 1.82) is 0 Å². The maximum Gasteiger partial charge on any atom is 0.345 e. The molecule has 8 nitrogen and oxygen atoms in total. The summed E-state index contributed by atoms with van der Waals surface area (Å²) >= 11 is 0. The third-order valence-electron chi connectivity index (χ3n) is 3.35. The second-order valence-electron chi connectivity index (χ2n) is 5.03. The van der Waals surface area contributed by atoms with E-state index in [0.29, 0.717) is 28.5 Å². The van der Waals surface area contributed by atoms with E-state index in [2.05, 4.69) is 10.3 Å². The standard InChI is InChI=1S/C17H13N3O5/c21-9-12-5-7-13(8-6-12)24-10-16(22)25-11-20-17(23)14-3-1-2-4-15(14)18-19-20/h1-9H,10-11H2. The van der Waals surface area contributed by atoms with Crippen molar-refractivity contribution in [2.24, 2.45) is 0 Å². The van der Waals surface area contributed by atoms with Crippen molar-refractivity contribution < 1.29 is 19.1 Å². The Labute approximate surface area is 141 Å². The molecule has 2 aromatic carbocycles. The van der Waals surface area contributed by atoms with E-state index in [0.717, 1.165) is 4.68 Å². The molecular formula is C17H13N3O5. The molecule has 0 aliphatic carbocycles. The van der Waals surface area contributed by atoms with E-state index < -0.39 is 11.5 Å². The van der Waals surface area contributed by atoms with Crippen LogP contribution in [-0.4, -0.2) is 33.9 Å². The van der Waals surface area contributed by atoms with Gasteiger partial charge in [-0.15, -0.1) is 5.10 Å². The van der Waals surface area contributed by atoms with Crippen LogP contribution in [0.1, 0.15) is 10.4 Å². The monoisotopic (exact) mass is 339 g/mol. The fourth-order valence-electron chi connectivity index (χ4n) is 2.07. The van der Waals surface area contributed by atoms with Gasteiger partial charge in [0, 0.05) is 5.56 Å². The molecule has 0 aliphatic heterocycles. The lowest BCUT2D eigenvalue weighted by Gasteiger charge is -2.08. The largest absolute Gasteiger partial charge is 0.482 e. The molecule has 0 spiro atoms. The fraction of sp³-hybridized carbons (Fsp3) is 0.118. The van der Waals surface area contributed by atoms with Crippen LogP contribution in [0.4, 0.5) is 0 Å². The molecule has 126 valence electrons. The first-order valence-corrected chi connectivity index (χ1v) is 7.33. The topological polar surface area (TPSA) is 100 Å². The smallest absolute Gasteiger partial charge is 0.345 e. The van der Waals surface area contributed by atoms with E-state index in [-0.39, 0.29) is 13.3 Å². The Kier molecular flexibility index (Phi) is 4.79. The summed E-state index contributed by atoms with van der Waals surface area (Å²) in [7, 11) is 0. The molecule has 0 fully saturated rings. The van der Waals surface area contributed by atoms with Crippen molar-refractivity contribution in [1.82, 2.24) is 15.0 Å². The van der Waals surface area contributed by atoms with E-state index in [1.807, 2.05) is 0 Å². The molecule has 0 saturated heterocycles. The zero-order valence-electron chi connectivity index (χ0n) is 13.0. The van der Waals surface area contributed by atoms with E-state index in [4.69, 9.17) is 9.47 Å². The molecule has 1 heterocycles. The summed E-state index contributed by atoms with van der Waals surface area (Å²) in [5, 5.41) is 8.00. The molecule has 0 unspecified atom stereocenters. The number of benzene rings is 2. The van der Waals surface area contributed by atoms with Gasteiger partial charge in [0.15, 0.2) is 13.3 Å². The predicted octanol–water partition coefficient (Wildman–Crippen LogP) is 1.18. The summed E-state index contributed by atoms with van der Waals surface area (Å²) in [5.41, 5.74) is 0.574. The first-order chi connectivity index (χ1) is 12.2. The summed E-state index contributed by atoms with van der Waals surface area (Å²) in [4.78, 5) is 34.5. The quantitative estimate of drug-likeness (QED) is 0.491. The zero-order valence-corrected chi connectivity index (χ0v) is 13.0. The summed E-state index contributed by atoms with van der Waals surface area (Å²) < 4.78 is 11.2. The number of aldehydes is 1. The number of ether oxygens (including phenoxy) is 2. The van der Waals surface area contributed by atoms with E-state index in [1.54, 1.807) is 48.5 Å². The van der Waals surface area contributed by atoms with Gasteiger partial charge in [-0.05, 0) is 36.4 Å². The minimum atomic E-state index is -0.665. The Hall–Kier alpha value is -3.55. The highest BCUT2D eigenvalue weighted by Crippen LogP contribution is 2.11. The number of fused-ring (bicyclic) bond motifs is 1. The number of carbonyl (C=O) groups is 2. The molecule has 1 aromatic heterocycles. The lowest BCUT2D eigenvalue weighted by Crippen LogP contribution is -2.27. The van der Waals surface area contributed by atoms with Crippen molar-refractivity contribution in [3.63, 3.8) is 0 Å². The predicted molar refractivity (Wildman–Crippen MR) is 87.2 cm³/mol. The van der Waals surface area contributed by atoms with Gasteiger partial charge >= 0.3 is 5.97 Å². The molecule has 0 saturated carbocycles. The van der Waals surface area contributed by atoms with Gasteiger partial charge in [0.1, 0.15) is 17.6 Å². The SMILES string of the molecule is O=Cc1ccc(OCC(=O)OCn2nnc3ccccc3c2=O)cc1. The third kappa shape index (κ3) is 3.86. The van der Waals surface area contributed by atoms with Crippen molar-refractivity contribution in [2.75, 3.05) is 6.61 Å². The number of hydrogen-bond acceptors (Lipinski definition) is 7. The van der Waals surface area contributed by atoms with E-state index in [9.17, 15) is 14.4 Å². The minimum Gasteiger partial charge on any atom is -0.482 e. The second-order valence-corrected chi connectivity index (χ2v) is 5.03. The van der Waals surface area contributed by atoms with Crippen LogP contribution in [0, 0.1) is 0 Å². The second kappa shape index (κ2) is 7.35. The van der Waals surface area contributed by atoms with Gasteiger partial charge in [0.05, 0.1) is 5.39 Å². The first-order valence-electron chi connectivity index (χ1n) is 7.33. The third-order valence-corrected chi connectivity index (χ3v) is 3.35. The molecule has 3 rings (SSSR count). The van der Waals surface area contributed by atoms with Crippen LogP contribution in [0.3, 0.4) is 0 Å². The van der Waals surface area contributed by atoms with Gasteiger partial charge in [0.2, 0.25) is 0 Å². The molecular weight excluding hydrogens is 326 g/mol. The van der Waals surface area contributed by atoms with E-state index in [1.165, 1.54) is 0 Å². The molecule has 0 atom stereocenters. The maximum absolute atomic E-state index is 12.2. The van der Waals surface area contributed by atoms with Crippen LogP contribution >= 0.6 is 0 Å². The summed E-state index contributed by atoms with van der Waals surface area (Å²) in [5.74, 6) is -0.244. The van der Waals surface area contributed by atoms with Crippen molar-refractivity contribution in [3.05, 3.63) is 64.4 Å². The van der Waals surface area contributed by atoms with Gasteiger partial charge in [-0.25, -0.2) is 4.79 Å². The summed E-state index contributed by atoms with van der Waals surface area (Å²) in [6.07, 6.45) is 0.709. The fourth-order valence-corrected chi connectivity index (χ4v) is 2.07. The molecule has 25 heavy (non-hydrogen) atoms. The van der Waals surface area contributed by atoms with Gasteiger partial charge in [-0.3, -0.25) is 9.59 Å². The van der Waals surface area contributed by atoms with Gasteiger partial charge in [-0.1, -0.05) is 17.3 Å². The molecule has 3 aromatic rings. The van der Waals surface area contributed by atoms with Crippen LogP contribution in [-0.2, 0) is 16.3 Å². The number of esters is 1. The Morgan fingerprint density at radius 1 is 1.12 bits per heavy atom.